The van der Waals surface area contributed by atoms with E-state index in [1.807, 2.05) is 18.2 Å². The molecule has 2 aromatic rings. The number of carbonyl (C=O) groups excluding carboxylic acids is 1. The number of benzene rings is 1. The Morgan fingerprint density at radius 3 is 2.54 bits per heavy atom. The molecular weight excluding hydrogens is 437 g/mol. The Balaban J connectivity index is 0.00000121. The van der Waals surface area contributed by atoms with Gasteiger partial charge in [0, 0.05) is 27.5 Å². The first kappa shape index (κ1) is 21.4. The van der Waals surface area contributed by atoms with Gasteiger partial charge in [-0.2, -0.15) is 0 Å². The summed E-state index contributed by atoms with van der Waals surface area (Å²) in [6, 6.07) is 6.28. The zero-order valence-electron chi connectivity index (χ0n) is 14.7. The molecule has 1 aliphatic carbocycles. The SMILES string of the molecule is Cc1c(C2CC2)nc2ccc(Br)cc2c1C(=O)NC1CCNCC1.Cl.Cl. The highest BCUT2D eigenvalue weighted by Gasteiger charge is 2.30. The number of hydrogen-bond acceptors (Lipinski definition) is 3. The summed E-state index contributed by atoms with van der Waals surface area (Å²) in [7, 11) is 0. The summed E-state index contributed by atoms with van der Waals surface area (Å²) in [5.41, 5.74) is 3.89. The zero-order chi connectivity index (χ0) is 16.7. The van der Waals surface area contributed by atoms with Gasteiger partial charge < -0.3 is 10.6 Å². The maximum atomic E-state index is 13.1. The number of nitrogens with one attached hydrogen (secondary N) is 2. The summed E-state index contributed by atoms with van der Waals surface area (Å²) in [5.74, 6) is 0.579. The maximum Gasteiger partial charge on any atom is 0.252 e. The van der Waals surface area contributed by atoms with Crippen LogP contribution < -0.4 is 10.6 Å². The van der Waals surface area contributed by atoms with Crippen molar-refractivity contribution in [3.8, 4) is 0 Å². The molecule has 0 atom stereocenters. The first-order valence-electron chi connectivity index (χ1n) is 8.75. The van der Waals surface area contributed by atoms with Gasteiger partial charge in [-0.3, -0.25) is 9.78 Å². The molecule has 1 saturated heterocycles. The van der Waals surface area contributed by atoms with Crippen LogP contribution in [0.2, 0.25) is 0 Å². The van der Waals surface area contributed by atoms with E-state index in [0.29, 0.717) is 5.92 Å². The van der Waals surface area contributed by atoms with Crippen molar-refractivity contribution in [3.63, 3.8) is 0 Å². The van der Waals surface area contributed by atoms with E-state index in [2.05, 4.69) is 33.5 Å². The van der Waals surface area contributed by atoms with E-state index < -0.39 is 0 Å². The van der Waals surface area contributed by atoms with Gasteiger partial charge in [-0.05, 0) is 69.5 Å². The van der Waals surface area contributed by atoms with Gasteiger partial charge in [-0.1, -0.05) is 15.9 Å². The number of fused-ring (bicyclic) bond motifs is 1. The van der Waals surface area contributed by atoms with Gasteiger partial charge in [-0.25, -0.2) is 0 Å². The van der Waals surface area contributed by atoms with Crippen molar-refractivity contribution in [1.82, 2.24) is 15.6 Å². The fourth-order valence-corrected chi connectivity index (χ4v) is 3.98. The third kappa shape index (κ3) is 4.33. The van der Waals surface area contributed by atoms with Crippen LogP contribution in [-0.2, 0) is 0 Å². The van der Waals surface area contributed by atoms with E-state index in [1.54, 1.807) is 0 Å². The summed E-state index contributed by atoms with van der Waals surface area (Å²) < 4.78 is 0.978. The lowest BCUT2D eigenvalue weighted by Crippen LogP contribution is -2.43. The monoisotopic (exact) mass is 459 g/mol. The molecule has 1 aromatic heterocycles. The van der Waals surface area contributed by atoms with Gasteiger partial charge in [0.15, 0.2) is 0 Å². The molecule has 142 valence electrons. The third-order valence-corrected chi connectivity index (χ3v) is 5.59. The second-order valence-electron chi connectivity index (χ2n) is 6.93. The van der Waals surface area contributed by atoms with Gasteiger partial charge in [0.2, 0.25) is 0 Å². The van der Waals surface area contributed by atoms with Crippen LogP contribution in [0.5, 0.6) is 0 Å². The standard InChI is InChI=1S/C19H22BrN3O.2ClH/c1-11-17(19(24)22-14-6-8-21-9-7-14)15-10-13(20)4-5-16(15)23-18(11)12-2-3-12;;/h4-5,10,12,14,21H,2-3,6-9H2,1H3,(H,22,24);2*1H. The van der Waals surface area contributed by atoms with Gasteiger partial charge in [0.25, 0.3) is 5.91 Å². The molecule has 26 heavy (non-hydrogen) atoms. The topological polar surface area (TPSA) is 54.0 Å². The van der Waals surface area contributed by atoms with Gasteiger partial charge in [-0.15, -0.1) is 24.8 Å². The van der Waals surface area contributed by atoms with Crippen LogP contribution in [0.1, 0.15) is 53.2 Å². The zero-order valence-corrected chi connectivity index (χ0v) is 17.9. The van der Waals surface area contributed by atoms with Crippen LogP contribution in [0, 0.1) is 6.92 Å². The van der Waals surface area contributed by atoms with Crippen LogP contribution >= 0.6 is 40.7 Å². The Morgan fingerprint density at radius 1 is 1.19 bits per heavy atom. The molecule has 0 spiro atoms. The van der Waals surface area contributed by atoms with Crippen LogP contribution in [-0.4, -0.2) is 30.0 Å². The number of amides is 1. The predicted molar refractivity (Wildman–Crippen MR) is 114 cm³/mol. The van der Waals surface area contributed by atoms with Crippen molar-refractivity contribution >= 4 is 57.6 Å². The summed E-state index contributed by atoms with van der Waals surface area (Å²) in [5, 5.41) is 7.54. The molecule has 2 heterocycles. The minimum absolute atomic E-state index is 0. The number of piperidine rings is 1. The third-order valence-electron chi connectivity index (χ3n) is 5.09. The summed E-state index contributed by atoms with van der Waals surface area (Å²) in [6.07, 6.45) is 4.36. The second kappa shape index (κ2) is 8.87. The molecule has 1 amide bonds. The number of rotatable bonds is 3. The summed E-state index contributed by atoms with van der Waals surface area (Å²) in [4.78, 5) is 17.9. The van der Waals surface area contributed by atoms with E-state index in [1.165, 1.54) is 12.8 Å². The molecule has 2 aliphatic rings. The van der Waals surface area contributed by atoms with Gasteiger partial charge in [0.1, 0.15) is 0 Å². The molecule has 0 bridgehead atoms. The molecule has 1 saturated carbocycles. The molecule has 0 unspecified atom stereocenters. The van der Waals surface area contributed by atoms with Crippen LogP contribution in [0.25, 0.3) is 10.9 Å². The average Bonchev–Trinajstić information content (AvgIpc) is 3.40. The molecule has 2 fully saturated rings. The Labute approximate surface area is 174 Å². The predicted octanol–water partition coefficient (Wildman–Crippen LogP) is 4.51. The molecule has 4 rings (SSSR count). The minimum atomic E-state index is 0. The van der Waals surface area contributed by atoms with Gasteiger partial charge in [0.05, 0.1) is 11.1 Å². The highest BCUT2D eigenvalue weighted by atomic mass is 79.9. The van der Waals surface area contributed by atoms with E-state index >= 15 is 0 Å². The molecule has 7 heteroatoms. The van der Waals surface area contributed by atoms with Crippen molar-refractivity contribution in [1.29, 1.82) is 0 Å². The van der Waals surface area contributed by atoms with Crippen molar-refractivity contribution in [3.05, 3.63) is 39.5 Å². The number of pyridine rings is 1. The molecule has 2 N–H and O–H groups in total. The Morgan fingerprint density at radius 2 is 1.88 bits per heavy atom. The molecule has 4 nitrogen and oxygen atoms in total. The normalized spacial score (nSPS) is 17.3. The van der Waals surface area contributed by atoms with E-state index in [0.717, 1.165) is 58.1 Å². The highest BCUT2D eigenvalue weighted by Crippen LogP contribution is 2.42. The average molecular weight is 461 g/mol. The largest absolute Gasteiger partial charge is 0.349 e. The number of hydrogen-bond donors (Lipinski definition) is 2. The molecular formula is C19H24BrCl2N3O. The van der Waals surface area contributed by atoms with Gasteiger partial charge >= 0.3 is 0 Å². The van der Waals surface area contributed by atoms with E-state index in [9.17, 15) is 4.79 Å². The lowest BCUT2D eigenvalue weighted by Gasteiger charge is -2.24. The first-order valence-corrected chi connectivity index (χ1v) is 9.54. The number of halogens is 3. The summed E-state index contributed by atoms with van der Waals surface area (Å²) >= 11 is 3.53. The van der Waals surface area contributed by atoms with Crippen molar-refractivity contribution in [2.45, 2.75) is 44.6 Å². The van der Waals surface area contributed by atoms with Crippen LogP contribution in [0.4, 0.5) is 0 Å². The maximum absolute atomic E-state index is 13.1. The van der Waals surface area contributed by atoms with E-state index in [-0.39, 0.29) is 36.8 Å². The quantitative estimate of drug-likeness (QED) is 0.708. The number of nitrogens with zero attached hydrogens (tertiary/aromatic N) is 1. The van der Waals surface area contributed by atoms with Crippen LogP contribution in [0.3, 0.4) is 0 Å². The molecule has 0 radical (unpaired) electrons. The van der Waals surface area contributed by atoms with Crippen molar-refractivity contribution in [2.75, 3.05) is 13.1 Å². The fourth-order valence-electron chi connectivity index (χ4n) is 3.62. The number of aromatic nitrogens is 1. The van der Waals surface area contributed by atoms with Crippen molar-refractivity contribution < 1.29 is 4.79 Å². The van der Waals surface area contributed by atoms with Crippen LogP contribution in [0.15, 0.2) is 22.7 Å². The Bertz CT molecular complexity index is 805. The fraction of sp³-hybridized carbons (Fsp3) is 0.474. The lowest BCUT2D eigenvalue weighted by molar-refractivity contribution is 0.0930. The second-order valence-corrected chi connectivity index (χ2v) is 7.85. The minimum Gasteiger partial charge on any atom is -0.349 e. The summed E-state index contributed by atoms with van der Waals surface area (Å²) in [6.45, 7) is 4.00. The molecule has 1 aromatic carbocycles. The highest BCUT2D eigenvalue weighted by molar-refractivity contribution is 9.10. The smallest absolute Gasteiger partial charge is 0.252 e. The molecule has 1 aliphatic heterocycles. The lowest BCUT2D eigenvalue weighted by atomic mass is 9.97. The van der Waals surface area contributed by atoms with Crippen molar-refractivity contribution in [2.24, 2.45) is 0 Å². The van der Waals surface area contributed by atoms with E-state index in [4.69, 9.17) is 4.98 Å². The Kier molecular flexibility index (Phi) is 7.31. The Hall–Kier alpha value is -0.880. The number of carbonyl (C=O) groups is 1. The first-order chi connectivity index (χ1) is 11.6.